The van der Waals surface area contributed by atoms with Crippen molar-refractivity contribution < 1.29 is 19.1 Å². The Balaban J connectivity index is 3.30. The molecule has 0 saturated heterocycles. The minimum Gasteiger partial charge on any atom is -0.462 e. The van der Waals surface area contributed by atoms with Crippen LogP contribution in [0, 0.1) is 0 Å². The fourth-order valence-corrected chi connectivity index (χ4v) is 1.94. The van der Waals surface area contributed by atoms with Crippen LogP contribution in [0.3, 0.4) is 0 Å². The summed E-state index contributed by atoms with van der Waals surface area (Å²) in [7, 11) is 0. The van der Waals surface area contributed by atoms with Crippen LogP contribution in [-0.4, -0.2) is 25.2 Å². The van der Waals surface area contributed by atoms with Crippen molar-refractivity contribution >= 4 is 23.5 Å². The van der Waals surface area contributed by atoms with Gasteiger partial charge in [0.25, 0.3) is 0 Å². The first-order valence-corrected chi connectivity index (χ1v) is 6.59. The fourth-order valence-electron chi connectivity index (χ4n) is 1.64. The maximum Gasteiger partial charge on any atom is 0.339 e. The zero-order chi connectivity index (χ0) is 14.4. The lowest BCUT2D eigenvalue weighted by atomic mass is 10.0. The van der Waals surface area contributed by atoms with Crippen molar-refractivity contribution in [2.24, 2.45) is 0 Å². The molecular formula is C14H17ClO4. The Labute approximate surface area is 117 Å². The molecule has 19 heavy (non-hydrogen) atoms. The summed E-state index contributed by atoms with van der Waals surface area (Å²) in [6.45, 7) is 5.79. The minimum atomic E-state index is -0.574. The van der Waals surface area contributed by atoms with Crippen LogP contribution < -0.4 is 0 Å². The molecule has 4 nitrogen and oxygen atoms in total. The minimum absolute atomic E-state index is 0.141. The molecule has 0 amide bonds. The second-order valence-electron chi connectivity index (χ2n) is 3.78. The lowest BCUT2D eigenvalue weighted by Crippen LogP contribution is -2.15. The maximum atomic E-state index is 11.9. The van der Waals surface area contributed by atoms with E-state index in [-0.39, 0.29) is 24.3 Å². The number of ether oxygens (including phenoxy) is 2. The number of carbonyl (C=O) groups is 2. The standard InChI is InChI=1S/C14H17ClO4/c1-4-9-7-10(13(16)18-5-2)11(8-12(9)15)14(17)19-6-3/h7-8H,4-6H2,1-3H3. The summed E-state index contributed by atoms with van der Waals surface area (Å²) in [6, 6.07) is 3.05. The molecule has 0 unspecified atom stereocenters. The van der Waals surface area contributed by atoms with Crippen LogP contribution in [0.2, 0.25) is 5.02 Å². The molecule has 0 aliphatic rings. The van der Waals surface area contributed by atoms with Gasteiger partial charge in [0.05, 0.1) is 24.3 Å². The molecule has 0 saturated carbocycles. The van der Waals surface area contributed by atoms with Crippen LogP contribution in [0.4, 0.5) is 0 Å². The predicted octanol–water partition coefficient (Wildman–Crippen LogP) is 3.26. The van der Waals surface area contributed by atoms with E-state index >= 15 is 0 Å². The Kier molecular flexibility index (Phi) is 5.83. The van der Waals surface area contributed by atoms with Gasteiger partial charge < -0.3 is 9.47 Å². The fraction of sp³-hybridized carbons (Fsp3) is 0.429. The van der Waals surface area contributed by atoms with Gasteiger partial charge in [-0.25, -0.2) is 9.59 Å². The van der Waals surface area contributed by atoms with Crippen molar-refractivity contribution in [2.45, 2.75) is 27.2 Å². The van der Waals surface area contributed by atoms with Gasteiger partial charge in [-0.3, -0.25) is 0 Å². The summed E-state index contributed by atoms with van der Waals surface area (Å²) in [4.78, 5) is 23.7. The molecule has 5 heteroatoms. The lowest BCUT2D eigenvalue weighted by Gasteiger charge is -2.11. The summed E-state index contributed by atoms with van der Waals surface area (Å²) < 4.78 is 9.87. The van der Waals surface area contributed by atoms with Gasteiger partial charge in [0.1, 0.15) is 0 Å². The van der Waals surface area contributed by atoms with Crippen molar-refractivity contribution in [3.05, 3.63) is 33.8 Å². The normalized spacial score (nSPS) is 10.1. The number of carbonyl (C=O) groups excluding carboxylic acids is 2. The number of hydrogen-bond acceptors (Lipinski definition) is 4. The first kappa shape index (κ1) is 15.5. The molecule has 1 aromatic rings. The number of esters is 2. The summed E-state index contributed by atoms with van der Waals surface area (Å²) >= 11 is 6.07. The van der Waals surface area contributed by atoms with Crippen LogP contribution >= 0.6 is 11.6 Å². The van der Waals surface area contributed by atoms with E-state index in [2.05, 4.69) is 0 Å². The van der Waals surface area contributed by atoms with E-state index in [0.29, 0.717) is 11.4 Å². The summed E-state index contributed by atoms with van der Waals surface area (Å²) in [5.41, 5.74) is 1.13. The Hall–Kier alpha value is -1.55. The van der Waals surface area contributed by atoms with Crippen LogP contribution in [0.5, 0.6) is 0 Å². The number of aryl methyl sites for hydroxylation is 1. The van der Waals surface area contributed by atoms with Gasteiger partial charge in [-0.05, 0) is 38.0 Å². The summed E-state index contributed by atoms with van der Waals surface area (Å²) in [6.07, 6.45) is 0.661. The van der Waals surface area contributed by atoms with E-state index in [1.54, 1.807) is 19.9 Å². The molecule has 104 valence electrons. The van der Waals surface area contributed by atoms with Crippen molar-refractivity contribution in [1.29, 1.82) is 0 Å². The highest BCUT2D eigenvalue weighted by Gasteiger charge is 2.21. The van der Waals surface area contributed by atoms with Crippen molar-refractivity contribution in [1.82, 2.24) is 0 Å². The Morgan fingerprint density at radius 3 is 1.89 bits per heavy atom. The van der Waals surface area contributed by atoms with E-state index in [1.807, 2.05) is 6.92 Å². The summed E-state index contributed by atoms with van der Waals surface area (Å²) in [5.74, 6) is -1.12. The Bertz CT molecular complexity index is 483. The predicted molar refractivity (Wildman–Crippen MR) is 72.7 cm³/mol. The first-order chi connectivity index (χ1) is 9.04. The third-order valence-electron chi connectivity index (χ3n) is 2.56. The number of halogens is 1. The van der Waals surface area contributed by atoms with Gasteiger partial charge in [0, 0.05) is 5.02 Å². The third kappa shape index (κ3) is 3.70. The molecule has 0 aromatic heterocycles. The van der Waals surface area contributed by atoms with Crippen LogP contribution in [0.1, 0.15) is 47.1 Å². The topological polar surface area (TPSA) is 52.6 Å². The second-order valence-corrected chi connectivity index (χ2v) is 4.19. The highest BCUT2D eigenvalue weighted by atomic mass is 35.5. The van der Waals surface area contributed by atoms with Gasteiger partial charge in [-0.1, -0.05) is 18.5 Å². The van der Waals surface area contributed by atoms with Crippen LogP contribution in [0.25, 0.3) is 0 Å². The van der Waals surface area contributed by atoms with E-state index in [1.165, 1.54) is 6.07 Å². The zero-order valence-corrected chi connectivity index (χ0v) is 12.0. The van der Waals surface area contributed by atoms with Crippen molar-refractivity contribution in [2.75, 3.05) is 13.2 Å². The molecule has 0 aliphatic carbocycles. The smallest absolute Gasteiger partial charge is 0.339 e. The number of rotatable bonds is 5. The first-order valence-electron chi connectivity index (χ1n) is 6.21. The molecule has 0 bridgehead atoms. The molecule has 1 aromatic carbocycles. The maximum absolute atomic E-state index is 11.9. The molecule has 0 radical (unpaired) electrons. The van der Waals surface area contributed by atoms with Gasteiger partial charge in [-0.2, -0.15) is 0 Å². The molecule has 0 aliphatic heterocycles. The Morgan fingerprint density at radius 1 is 1.00 bits per heavy atom. The number of hydrogen-bond donors (Lipinski definition) is 0. The highest BCUT2D eigenvalue weighted by molar-refractivity contribution is 6.32. The molecule has 0 atom stereocenters. The van der Waals surface area contributed by atoms with Gasteiger partial charge in [0.2, 0.25) is 0 Å². The van der Waals surface area contributed by atoms with Gasteiger partial charge in [-0.15, -0.1) is 0 Å². The molecule has 1 rings (SSSR count). The van der Waals surface area contributed by atoms with Crippen LogP contribution in [0.15, 0.2) is 12.1 Å². The zero-order valence-electron chi connectivity index (χ0n) is 11.3. The molecule has 0 spiro atoms. The second kappa shape index (κ2) is 7.14. The quantitative estimate of drug-likeness (QED) is 0.779. The largest absolute Gasteiger partial charge is 0.462 e. The summed E-state index contributed by atoms with van der Waals surface area (Å²) in [5, 5.41) is 0.443. The van der Waals surface area contributed by atoms with E-state index in [4.69, 9.17) is 21.1 Å². The average molecular weight is 285 g/mol. The van der Waals surface area contributed by atoms with Gasteiger partial charge >= 0.3 is 11.9 Å². The molecule has 0 fully saturated rings. The van der Waals surface area contributed by atoms with E-state index in [9.17, 15) is 9.59 Å². The molecular weight excluding hydrogens is 268 g/mol. The molecule has 0 N–H and O–H groups in total. The SMILES string of the molecule is CCOC(=O)c1cc(Cl)c(CC)cc1C(=O)OCC. The van der Waals surface area contributed by atoms with Crippen LogP contribution in [-0.2, 0) is 15.9 Å². The van der Waals surface area contributed by atoms with Crippen molar-refractivity contribution in [3.8, 4) is 0 Å². The van der Waals surface area contributed by atoms with Crippen molar-refractivity contribution in [3.63, 3.8) is 0 Å². The van der Waals surface area contributed by atoms with E-state index in [0.717, 1.165) is 5.56 Å². The third-order valence-corrected chi connectivity index (χ3v) is 2.91. The monoisotopic (exact) mass is 284 g/mol. The average Bonchev–Trinajstić information content (AvgIpc) is 2.38. The lowest BCUT2D eigenvalue weighted by molar-refractivity contribution is 0.0479. The molecule has 0 heterocycles. The van der Waals surface area contributed by atoms with E-state index < -0.39 is 11.9 Å². The van der Waals surface area contributed by atoms with Gasteiger partial charge in [0.15, 0.2) is 0 Å². The Morgan fingerprint density at radius 2 is 1.47 bits per heavy atom. The number of benzene rings is 1. The highest BCUT2D eigenvalue weighted by Crippen LogP contribution is 2.24.